The summed E-state index contributed by atoms with van der Waals surface area (Å²) in [6, 6.07) is 8.09. The molecule has 0 bridgehead atoms. The number of anilines is 1. The second-order valence-corrected chi connectivity index (χ2v) is 8.34. The van der Waals surface area contributed by atoms with Crippen molar-refractivity contribution in [2.24, 2.45) is 0 Å². The summed E-state index contributed by atoms with van der Waals surface area (Å²) in [6.45, 7) is 6.39. The van der Waals surface area contributed by atoms with Gasteiger partial charge in [0.15, 0.2) is 0 Å². The van der Waals surface area contributed by atoms with E-state index in [0.717, 1.165) is 50.4 Å². The van der Waals surface area contributed by atoms with Crippen molar-refractivity contribution < 1.29 is 9.32 Å². The van der Waals surface area contributed by atoms with E-state index < -0.39 is 0 Å². The Balaban J connectivity index is 1.29. The van der Waals surface area contributed by atoms with Crippen LogP contribution in [0.3, 0.4) is 0 Å². The zero-order valence-corrected chi connectivity index (χ0v) is 18.2. The van der Waals surface area contributed by atoms with E-state index in [1.165, 1.54) is 5.56 Å². The van der Waals surface area contributed by atoms with E-state index in [1.54, 1.807) is 19.3 Å². The normalized spacial score (nSPS) is 19.5. The molecule has 5 heterocycles. The Morgan fingerprint density at radius 1 is 1.16 bits per heavy atom. The van der Waals surface area contributed by atoms with Gasteiger partial charge in [0.2, 0.25) is 17.6 Å². The maximum absolute atomic E-state index is 11.6. The molecular weight excluding hydrogens is 406 g/mol. The zero-order chi connectivity index (χ0) is 21.9. The molecule has 1 atom stereocenters. The number of pyridine rings is 2. The molecule has 0 aliphatic carbocycles. The molecule has 9 nitrogen and oxygen atoms in total. The molecule has 3 aromatic heterocycles. The number of rotatable bonds is 5. The molecule has 5 rings (SSSR count). The first kappa shape index (κ1) is 20.6. The second kappa shape index (κ2) is 9.04. The largest absolute Gasteiger partial charge is 0.353 e. The number of piperazine rings is 1. The van der Waals surface area contributed by atoms with Gasteiger partial charge in [-0.15, -0.1) is 0 Å². The molecule has 0 aromatic carbocycles. The van der Waals surface area contributed by atoms with Crippen molar-refractivity contribution in [2.75, 3.05) is 37.6 Å². The summed E-state index contributed by atoms with van der Waals surface area (Å²) in [4.78, 5) is 31.5. The molecule has 9 heteroatoms. The lowest BCUT2D eigenvalue weighted by molar-refractivity contribution is -0.129. The average Bonchev–Trinajstić information content (AvgIpc) is 3.49. The average molecular weight is 434 g/mol. The van der Waals surface area contributed by atoms with E-state index in [9.17, 15) is 4.79 Å². The lowest BCUT2D eigenvalue weighted by Gasteiger charge is -2.34. The van der Waals surface area contributed by atoms with Crippen molar-refractivity contribution in [3.05, 3.63) is 54.3 Å². The van der Waals surface area contributed by atoms with Crippen LogP contribution in [0.4, 0.5) is 5.82 Å². The van der Waals surface area contributed by atoms with Crippen molar-refractivity contribution in [3.63, 3.8) is 0 Å². The number of likely N-dealkylation sites (tertiary alicyclic amines) is 1. The highest BCUT2D eigenvalue weighted by molar-refractivity contribution is 5.73. The summed E-state index contributed by atoms with van der Waals surface area (Å²) in [5, 5.41) is 4.27. The fourth-order valence-corrected chi connectivity index (χ4v) is 4.49. The molecule has 0 spiro atoms. The minimum absolute atomic E-state index is 0.121. The molecule has 0 saturated carbocycles. The van der Waals surface area contributed by atoms with Gasteiger partial charge in [0.1, 0.15) is 5.82 Å². The van der Waals surface area contributed by atoms with Gasteiger partial charge in [-0.05, 0) is 43.1 Å². The van der Waals surface area contributed by atoms with Crippen LogP contribution < -0.4 is 4.90 Å². The molecule has 0 radical (unpaired) electrons. The van der Waals surface area contributed by atoms with Crippen molar-refractivity contribution in [1.82, 2.24) is 29.9 Å². The second-order valence-electron chi connectivity index (χ2n) is 8.34. The maximum Gasteiger partial charge on any atom is 0.244 e. The summed E-state index contributed by atoms with van der Waals surface area (Å²) in [5.74, 6) is 2.24. The van der Waals surface area contributed by atoms with Gasteiger partial charge in [-0.2, -0.15) is 4.98 Å². The molecule has 2 aliphatic heterocycles. The first-order chi connectivity index (χ1) is 15.7. The van der Waals surface area contributed by atoms with Gasteiger partial charge in [0.05, 0.1) is 6.04 Å². The van der Waals surface area contributed by atoms with Crippen LogP contribution in [0.5, 0.6) is 0 Å². The molecule has 2 saturated heterocycles. The first-order valence-electron chi connectivity index (χ1n) is 11.1. The van der Waals surface area contributed by atoms with E-state index in [4.69, 9.17) is 9.51 Å². The van der Waals surface area contributed by atoms with Crippen LogP contribution in [0.2, 0.25) is 0 Å². The van der Waals surface area contributed by atoms with Crippen LogP contribution in [0.15, 0.2) is 47.4 Å². The van der Waals surface area contributed by atoms with Gasteiger partial charge in [0.25, 0.3) is 0 Å². The number of hydrogen-bond acceptors (Lipinski definition) is 8. The van der Waals surface area contributed by atoms with Crippen LogP contribution in [-0.4, -0.2) is 68.5 Å². The summed E-state index contributed by atoms with van der Waals surface area (Å²) < 4.78 is 5.70. The zero-order valence-electron chi connectivity index (χ0n) is 18.2. The Kier molecular flexibility index (Phi) is 5.81. The molecule has 2 fully saturated rings. The predicted molar refractivity (Wildman–Crippen MR) is 119 cm³/mol. The van der Waals surface area contributed by atoms with E-state index in [-0.39, 0.29) is 11.9 Å². The summed E-state index contributed by atoms with van der Waals surface area (Å²) in [6.07, 6.45) is 7.59. The van der Waals surface area contributed by atoms with Gasteiger partial charge < -0.3 is 14.3 Å². The Hall–Kier alpha value is -3.33. The molecule has 0 unspecified atom stereocenters. The SMILES string of the molecule is CC(=O)N1CCN(c2cc(-c3noc([C@@H]4CCCN4Cc4cccnc4)n3)ccn2)CC1. The van der Waals surface area contributed by atoms with E-state index in [1.807, 2.05) is 29.3 Å². The van der Waals surface area contributed by atoms with Crippen molar-refractivity contribution in [2.45, 2.75) is 32.4 Å². The molecule has 3 aromatic rings. The van der Waals surface area contributed by atoms with Crippen LogP contribution in [0.1, 0.15) is 37.3 Å². The third kappa shape index (κ3) is 4.34. The molecule has 166 valence electrons. The number of amides is 1. The van der Waals surface area contributed by atoms with Gasteiger partial charge in [-0.25, -0.2) is 4.98 Å². The molecule has 0 N–H and O–H groups in total. The van der Waals surface area contributed by atoms with Crippen LogP contribution in [0.25, 0.3) is 11.4 Å². The maximum atomic E-state index is 11.6. The van der Waals surface area contributed by atoms with E-state index in [0.29, 0.717) is 24.8 Å². The smallest absolute Gasteiger partial charge is 0.244 e. The Labute approximate surface area is 187 Å². The summed E-state index contributed by atoms with van der Waals surface area (Å²) in [5.41, 5.74) is 2.07. The van der Waals surface area contributed by atoms with Crippen LogP contribution in [0, 0.1) is 0 Å². The highest BCUT2D eigenvalue weighted by Crippen LogP contribution is 2.33. The van der Waals surface area contributed by atoms with Gasteiger partial charge in [-0.3, -0.25) is 14.7 Å². The summed E-state index contributed by atoms with van der Waals surface area (Å²) >= 11 is 0. The lowest BCUT2D eigenvalue weighted by Crippen LogP contribution is -2.48. The number of nitrogens with zero attached hydrogens (tertiary/aromatic N) is 7. The van der Waals surface area contributed by atoms with Gasteiger partial charge in [-0.1, -0.05) is 11.2 Å². The molecule has 1 amide bonds. The van der Waals surface area contributed by atoms with Gasteiger partial charge in [0, 0.05) is 63.8 Å². The highest BCUT2D eigenvalue weighted by atomic mass is 16.5. The first-order valence-corrected chi connectivity index (χ1v) is 11.1. The fraction of sp³-hybridized carbons (Fsp3) is 0.435. The van der Waals surface area contributed by atoms with Crippen LogP contribution in [-0.2, 0) is 11.3 Å². The van der Waals surface area contributed by atoms with Crippen molar-refractivity contribution in [1.29, 1.82) is 0 Å². The van der Waals surface area contributed by atoms with Gasteiger partial charge >= 0.3 is 0 Å². The van der Waals surface area contributed by atoms with E-state index >= 15 is 0 Å². The molecule has 32 heavy (non-hydrogen) atoms. The number of carbonyl (C=O) groups is 1. The standard InChI is InChI=1S/C23H27N7O2/c1-17(31)28-10-12-29(13-11-28)21-14-19(6-8-25-21)22-26-23(32-27-22)20-5-3-9-30(20)16-18-4-2-7-24-15-18/h2,4,6-8,14-15,20H,3,5,9-13,16H2,1H3/t20-/m0/s1. The third-order valence-corrected chi connectivity index (χ3v) is 6.25. The Morgan fingerprint density at radius 2 is 2.03 bits per heavy atom. The quantitative estimate of drug-likeness (QED) is 0.606. The Bertz CT molecular complexity index is 1060. The Morgan fingerprint density at radius 3 is 2.81 bits per heavy atom. The van der Waals surface area contributed by atoms with Crippen LogP contribution >= 0.6 is 0 Å². The predicted octanol–water partition coefficient (Wildman–Crippen LogP) is 2.53. The monoisotopic (exact) mass is 433 g/mol. The highest BCUT2D eigenvalue weighted by Gasteiger charge is 2.31. The van der Waals surface area contributed by atoms with E-state index in [2.05, 4.69) is 31.0 Å². The summed E-state index contributed by atoms with van der Waals surface area (Å²) in [7, 11) is 0. The molecular formula is C23H27N7O2. The van der Waals surface area contributed by atoms with Crippen molar-refractivity contribution in [3.8, 4) is 11.4 Å². The van der Waals surface area contributed by atoms with Crippen molar-refractivity contribution >= 4 is 11.7 Å². The minimum atomic E-state index is 0.121. The number of hydrogen-bond donors (Lipinski definition) is 0. The molecule has 2 aliphatic rings. The number of aromatic nitrogens is 4. The topological polar surface area (TPSA) is 91.5 Å². The third-order valence-electron chi connectivity index (χ3n) is 6.25. The minimum Gasteiger partial charge on any atom is -0.353 e. The fourth-order valence-electron chi connectivity index (χ4n) is 4.49. The lowest BCUT2D eigenvalue weighted by atomic mass is 10.2. The number of carbonyl (C=O) groups excluding carboxylic acids is 1.